The molecule has 1 N–H and O–H groups in total. The number of rotatable bonds is 7. The second-order valence-electron chi connectivity index (χ2n) is 6.75. The minimum absolute atomic E-state index is 0.130. The van der Waals surface area contributed by atoms with Crippen molar-refractivity contribution in [3.05, 3.63) is 53.6 Å². The highest BCUT2D eigenvalue weighted by atomic mass is 32.2. The molecule has 2 aromatic rings. The van der Waals surface area contributed by atoms with Crippen LogP contribution in [0.2, 0.25) is 0 Å². The molecule has 2 aromatic carbocycles. The summed E-state index contributed by atoms with van der Waals surface area (Å²) in [6.45, 7) is 5.47. The summed E-state index contributed by atoms with van der Waals surface area (Å²) in [5.74, 6) is -0.140. The molecule has 2 rings (SSSR count). The van der Waals surface area contributed by atoms with Crippen molar-refractivity contribution in [3.8, 4) is 0 Å². The third-order valence-electron chi connectivity index (χ3n) is 4.32. The van der Waals surface area contributed by atoms with Gasteiger partial charge in [-0.05, 0) is 55.3 Å². The number of aryl methyl sites for hydroxylation is 2. The van der Waals surface area contributed by atoms with Crippen molar-refractivity contribution < 1.29 is 13.2 Å². The summed E-state index contributed by atoms with van der Waals surface area (Å²) in [7, 11) is 0.259. The minimum atomic E-state index is -3.63. The summed E-state index contributed by atoms with van der Waals surface area (Å²) in [5, 5.41) is 0. The Labute approximate surface area is 161 Å². The van der Waals surface area contributed by atoms with Crippen LogP contribution in [-0.4, -0.2) is 41.5 Å². The number of sulfonamides is 1. The van der Waals surface area contributed by atoms with Crippen LogP contribution in [0.3, 0.4) is 0 Å². The average Bonchev–Trinajstić information content (AvgIpc) is 2.60. The van der Waals surface area contributed by atoms with Gasteiger partial charge in [0, 0.05) is 45.5 Å². The first-order valence-electron chi connectivity index (χ1n) is 8.74. The van der Waals surface area contributed by atoms with Gasteiger partial charge in [-0.3, -0.25) is 4.79 Å². The lowest BCUT2D eigenvalue weighted by Crippen LogP contribution is -2.37. The van der Waals surface area contributed by atoms with Gasteiger partial charge in [0.1, 0.15) is 0 Å². The fourth-order valence-corrected chi connectivity index (χ4v) is 4.11. The van der Waals surface area contributed by atoms with Gasteiger partial charge in [0.25, 0.3) is 0 Å². The molecule has 146 valence electrons. The molecular weight excluding hydrogens is 362 g/mol. The van der Waals surface area contributed by atoms with Crippen molar-refractivity contribution in [2.75, 3.05) is 37.0 Å². The Hall–Kier alpha value is -2.38. The Morgan fingerprint density at radius 1 is 1.00 bits per heavy atom. The number of nitrogens with one attached hydrogen (secondary N) is 1. The van der Waals surface area contributed by atoms with Crippen LogP contribution in [0, 0.1) is 13.8 Å². The zero-order valence-electron chi connectivity index (χ0n) is 16.5. The van der Waals surface area contributed by atoms with E-state index in [2.05, 4.69) is 4.72 Å². The van der Waals surface area contributed by atoms with E-state index in [0.29, 0.717) is 5.56 Å². The van der Waals surface area contributed by atoms with Crippen molar-refractivity contribution in [1.82, 2.24) is 4.72 Å². The molecule has 0 atom stereocenters. The van der Waals surface area contributed by atoms with Gasteiger partial charge >= 0.3 is 0 Å². The maximum atomic E-state index is 12.6. The zero-order chi connectivity index (χ0) is 20.2. The molecule has 0 saturated heterocycles. The lowest BCUT2D eigenvalue weighted by Gasteiger charge is -2.22. The van der Waals surface area contributed by atoms with Crippen molar-refractivity contribution in [2.45, 2.75) is 25.7 Å². The lowest BCUT2D eigenvalue weighted by molar-refractivity contribution is -0.116. The highest BCUT2D eigenvalue weighted by molar-refractivity contribution is 7.89. The number of carbonyl (C=O) groups excluding carboxylic acids is 1. The van der Waals surface area contributed by atoms with Crippen molar-refractivity contribution in [3.63, 3.8) is 0 Å². The Balaban J connectivity index is 2.10. The SMILES string of the molecule is CC(=O)N(CCNS(=O)(=O)c1cc(C)ccc1C)c1ccc(N(C)C)cc1. The zero-order valence-corrected chi connectivity index (χ0v) is 17.3. The van der Waals surface area contributed by atoms with Crippen molar-refractivity contribution >= 4 is 27.3 Å². The Morgan fingerprint density at radius 3 is 2.15 bits per heavy atom. The van der Waals surface area contributed by atoms with E-state index in [1.165, 1.54) is 6.92 Å². The van der Waals surface area contributed by atoms with Gasteiger partial charge in [0.15, 0.2) is 0 Å². The molecule has 0 aliphatic carbocycles. The van der Waals surface area contributed by atoms with Crippen LogP contribution in [0.25, 0.3) is 0 Å². The Bertz CT molecular complexity index is 907. The maximum Gasteiger partial charge on any atom is 0.240 e. The first-order chi connectivity index (χ1) is 12.6. The number of hydrogen-bond acceptors (Lipinski definition) is 4. The molecule has 0 heterocycles. The predicted molar refractivity (Wildman–Crippen MR) is 110 cm³/mol. The summed E-state index contributed by atoms with van der Waals surface area (Å²) in [5.41, 5.74) is 3.33. The summed E-state index contributed by atoms with van der Waals surface area (Å²) < 4.78 is 27.8. The topological polar surface area (TPSA) is 69.7 Å². The van der Waals surface area contributed by atoms with Gasteiger partial charge in [-0.1, -0.05) is 12.1 Å². The van der Waals surface area contributed by atoms with E-state index in [9.17, 15) is 13.2 Å². The van der Waals surface area contributed by atoms with E-state index in [4.69, 9.17) is 0 Å². The molecule has 0 bridgehead atoms. The van der Waals surface area contributed by atoms with E-state index < -0.39 is 10.0 Å². The van der Waals surface area contributed by atoms with E-state index in [1.54, 1.807) is 24.0 Å². The summed E-state index contributed by atoms with van der Waals surface area (Å²) in [6.07, 6.45) is 0. The second-order valence-corrected chi connectivity index (χ2v) is 8.48. The Kier molecular flexibility index (Phi) is 6.62. The van der Waals surface area contributed by atoms with Crippen LogP contribution in [0.5, 0.6) is 0 Å². The minimum Gasteiger partial charge on any atom is -0.378 e. The first-order valence-corrected chi connectivity index (χ1v) is 10.2. The molecule has 0 spiro atoms. The quantitative estimate of drug-likeness (QED) is 0.790. The Morgan fingerprint density at radius 2 is 1.59 bits per heavy atom. The third-order valence-corrected chi connectivity index (χ3v) is 5.92. The molecule has 0 unspecified atom stereocenters. The van der Waals surface area contributed by atoms with Gasteiger partial charge < -0.3 is 9.80 Å². The molecule has 7 heteroatoms. The van der Waals surface area contributed by atoms with E-state index in [0.717, 1.165) is 16.9 Å². The van der Waals surface area contributed by atoms with E-state index >= 15 is 0 Å². The molecule has 27 heavy (non-hydrogen) atoms. The van der Waals surface area contributed by atoms with E-state index in [-0.39, 0.29) is 23.9 Å². The molecule has 1 amide bonds. The molecule has 0 aliphatic rings. The average molecular weight is 390 g/mol. The monoisotopic (exact) mass is 389 g/mol. The van der Waals surface area contributed by atoms with Crippen molar-refractivity contribution in [1.29, 1.82) is 0 Å². The fourth-order valence-electron chi connectivity index (χ4n) is 2.77. The van der Waals surface area contributed by atoms with Crippen LogP contribution in [0.4, 0.5) is 11.4 Å². The molecule has 0 fully saturated rings. The van der Waals surface area contributed by atoms with Crippen LogP contribution in [-0.2, 0) is 14.8 Å². The highest BCUT2D eigenvalue weighted by Crippen LogP contribution is 2.20. The predicted octanol–water partition coefficient (Wildman–Crippen LogP) is 2.70. The van der Waals surface area contributed by atoms with Crippen molar-refractivity contribution in [2.24, 2.45) is 0 Å². The highest BCUT2D eigenvalue weighted by Gasteiger charge is 2.18. The number of amides is 1. The van der Waals surface area contributed by atoms with Gasteiger partial charge in [-0.2, -0.15) is 0 Å². The number of nitrogens with zero attached hydrogens (tertiary/aromatic N) is 2. The lowest BCUT2D eigenvalue weighted by atomic mass is 10.2. The maximum absolute atomic E-state index is 12.6. The summed E-state index contributed by atoms with van der Waals surface area (Å²) >= 11 is 0. The number of carbonyl (C=O) groups is 1. The summed E-state index contributed by atoms with van der Waals surface area (Å²) in [4.78, 5) is 15.8. The van der Waals surface area contributed by atoms with Crippen LogP contribution in [0.15, 0.2) is 47.4 Å². The largest absolute Gasteiger partial charge is 0.378 e. The number of anilines is 2. The summed E-state index contributed by atoms with van der Waals surface area (Å²) in [6, 6.07) is 12.9. The fraction of sp³-hybridized carbons (Fsp3) is 0.350. The van der Waals surface area contributed by atoms with Crippen LogP contribution < -0.4 is 14.5 Å². The normalized spacial score (nSPS) is 11.3. The smallest absolute Gasteiger partial charge is 0.240 e. The molecular formula is C20H27N3O3S. The van der Waals surface area contributed by atoms with Gasteiger partial charge in [-0.15, -0.1) is 0 Å². The standard InChI is InChI=1S/C20H27N3O3S/c1-15-6-7-16(2)20(14-15)27(25,26)21-12-13-23(17(3)24)19-10-8-18(9-11-19)22(4)5/h6-11,14,21H,12-13H2,1-5H3. The van der Waals surface area contributed by atoms with Crippen LogP contribution >= 0.6 is 0 Å². The second kappa shape index (κ2) is 8.54. The molecule has 0 aliphatic heterocycles. The van der Waals surface area contributed by atoms with Gasteiger partial charge in [-0.25, -0.2) is 13.1 Å². The third kappa shape index (κ3) is 5.30. The number of hydrogen-bond donors (Lipinski definition) is 1. The molecule has 0 radical (unpaired) electrons. The van der Waals surface area contributed by atoms with E-state index in [1.807, 2.05) is 56.3 Å². The molecule has 6 nitrogen and oxygen atoms in total. The molecule has 0 saturated carbocycles. The first kappa shape index (κ1) is 20.9. The number of benzene rings is 2. The van der Waals surface area contributed by atoms with Gasteiger partial charge in [0.2, 0.25) is 15.9 Å². The van der Waals surface area contributed by atoms with Crippen LogP contribution in [0.1, 0.15) is 18.1 Å². The van der Waals surface area contributed by atoms with Gasteiger partial charge in [0.05, 0.1) is 4.90 Å². The molecule has 0 aromatic heterocycles.